The van der Waals surface area contributed by atoms with Crippen molar-refractivity contribution in [1.29, 1.82) is 0 Å². The van der Waals surface area contributed by atoms with Crippen LogP contribution in [0.2, 0.25) is 5.02 Å². The Balaban J connectivity index is 2.44. The third-order valence-electron chi connectivity index (χ3n) is 3.00. The minimum atomic E-state index is -3.66. The van der Waals surface area contributed by atoms with E-state index >= 15 is 0 Å². The fourth-order valence-corrected chi connectivity index (χ4v) is 3.42. The predicted molar refractivity (Wildman–Crippen MR) is 82.6 cm³/mol. The molecule has 2 aromatic rings. The summed E-state index contributed by atoms with van der Waals surface area (Å²) in [6.45, 7) is 3.46. The van der Waals surface area contributed by atoms with E-state index in [0.717, 1.165) is 0 Å². The number of benzene rings is 2. The minimum Gasteiger partial charge on any atom is -0.399 e. The number of rotatable bonds is 3. The van der Waals surface area contributed by atoms with Gasteiger partial charge in [-0.1, -0.05) is 17.7 Å². The Morgan fingerprint density at radius 3 is 2.50 bits per heavy atom. The van der Waals surface area contributed by atoms with Gasteiger partial charge >= 0.3 is 0 Å². The van der Waals surface area contributed by atoms with Crippen molar-refractivity contribution >= 4 is 33.0 Å². The molecule has 0 spiro atoms. The first-order chi connectivity index (χ1) is 9.31. The Morgan fingerprint density at radius 2 is 1.85 bits per heavy atom. The SMILES string of the molecule is Cc1cc(N)ccc1S(=O)(=O)Nc1cccc(Cl)c1C. The monoisotopic (exact) mass is 310 g/mol. The predicted octanol–water partition coefficient (Wildman–Crippen LogP) is 3.34. The molecule has 6 heteroatoms. The molecule has 0 aliphatic carbocycles. The largest absolute Gasteiger partial charge is 0.399 e. The minimum absolute atomic E-state index is 0.200. The van der Waals surface area contributed by atoms with Crippen molar-refractivity contribution in [2.24, 2.45) is 0 Å². The Hall–Kier alpha value is -1.72. The van der Waals surface area contributed by atoms with Crippen molar-refractivity contribution < 1.29 is 8.42 Å². The average Bonchev–Trinajstić information content (AvgIpc) is 2.34. The third kappa shape index (κ3) is 2.89. The number of nitrogen functional groups attached to an aromatic ring is 1. The van der Waals surface area contributed by atoms with Crippen molar-refractivity contribution in [3.8, 4) is 0 Å². The van der Waals surface area contributed by atoms with Crippen molar-refractivity contribution in [3.63, 3.8) is 0 Å². The van der Waals surface area contributed by atoms with E-state index in [1.54, 1.807) is 44.2 Å². The van der Waals surface area contributed by atoms with Crippen LogP contribution in [-0.2, 0) is 10.0 Å². The summed E-state index contributed by atoms with van der Waals surface area (Å²) in [6, 6.07) is 9.76. The van der Waals surface area contributed by atoms with Crippen LogP contribution in [0.3, 0.4) is 0 Å². The molecule has 20 heavy (non-hydrogen) atoms. The molecule has 2 aromatic carbocycles. The van der Waals surface area contributed by atoms with Crippen LogP contribution in [0.5, 0.6) is 0 Å². The first kappa shape index (κ1) is 14.7. The summed E-state index contributed by atoms with van der Waals surface area (Å²) in [5, 5.41) is 0.513. The van der Waals surface area contributed by atoms with Crippen LogP contribution in [-0.4, -0.2) is 8.42 Å². The average molecular weight is 311 g/mol. The summed E-state index contributed by atoms with van der Waals surface area (Å²) in [5.74, 6) is 0. The molecule has 0 unspecified atom stereocenters. The molecule has 0 radical (unpaired) electrons. The highest BCUT2D eigenvalue weighted by Gasteiger charge is 2.18. The van der Waals surface area contributed by atoms with Crippen LogP contribution < -0.4 is 10.5 Å². The maximum absolute atomic E-state index is 12.4. The van der Waals surface area contributed by atoms with Crippen molar-refractivity contribution in [2.45, 2.75) is 18.7 Å². The maximum atomic E-state index is 12.4. The van der Waals surface area contributed by atoms with Gasteiger partial charge in [0.2, 0.25) is 0 Å². The van der Waals surface area contributed by atoms with Crippen LogP contribution in [0.15, 0.2) is 41.3 Å². The zero-order chi connectivity index (χ0) is 14.9. The molecule has 0 atom stereocenters. The molecular formula is C14H15ClN2O2S. The van der Waals surface area contributed by atoms with E-state index in [2.05, 4.69) is 4.72 Å². The molecule has 0 heterocycles. The van der Waals surface area contributed by atoms with Gasteiger partial charge in [-0.2, -0.15) is 0 Å². The smallest absolute Gasteiger partial charge is 0.262 e. The highest BCUT2D eigenvalue weighted by molar-refractivity contribution is 7.92. The number of sulfonamides is 1. The summed E-state index contributed by atoms with van der Waals surface area (Å²) < 4.78 is 27.4. The van der Waals surface area contributed by atoms with E-state index < -0.39 is 10.0 Å². The highest BCUT2D eigenvalue weighted by atomic mass is 35.5. The molecule has 0 aliphatic rings. The summed E-state index contributed by atoms with van der Waals surface area (Å²) in [6.07, 6.45) is 0. The number of nitrogens with two attached hydrogens (primary N) is 1. The van der Waals surface area contributed by atoms with Crippen LogP contribution in [0.1, 0.15) is 11.1 Å². The molecular weight excluding hydrogens is 296 g/mol. The van der Waals surface area contributed by atoms with Crippen molar-refractivity contribution in [3.05, 3.63) is 52.5 Å². The molecule has 0 fully saturated rings. The standard InChI is InChI=1S/C14H15ClN2O2S/c1-9-8-11(16)6-7-14(9)20(18,19)17-13-5-3-4-12(15)10(13)2/h3-8,17H,16H2,1-2H3. The number of anilines is 2. The number of hydrogen-bond acceptors (Lipinski definition) is 3. The Kier molecular flexibility index (Phi) is 3.92. The summed E-state index contributed by atoms with van der Waals surface area (Å²) >= 11 is 5.99. The van der Waals surface area contributed by atoms with Gasteiger partial charge in [0.05, 0.1) is 10.6 Å². The van der Waals surface area contributed by atoms with Crippen LogP contribution >= 0.6 is 11.6 Å². The first-order valence-electron chi connectivity index (χ1n) is 5.95. The fourth-order valence-electron chi connectivity index (χ4n) is 1.89. The van der Waals surface area contributed by atoms with E-state index in [-0.39, 0.29) is 4.90 Å². The van der Waals surface area contributed by atoms with Crippen molar-refractivity contribution in [2.75, 3.05) is 10.5 Å². The molecule has 0 aromatic heterocycles. The van der Waals surface area contributed by atoms with Crippen molar-refractivity contribution in [1.82, 2.24) is 0 Å². The van der Waals surface area contributed by atoms with Gasteiger partial charge < -0.3 is 5.73 Å². The lowest BCUT2D eigenvalue weighted by atomic mass is 10.2. The van der Waals surface area contributed by atoms with Crippen LogP contribution in [0.25, 0.3) is 0 Å². The quantitative estimate of drug-likeness (QED) is 0.854. The molecule has 106 valence electrons. The third-order valence-corrected chi connectivity index (χ3v) is 4.94. The van der Waals surface area contributed by atoms with E-state index in [1.807, 2.05) is 0 Å². The van der Waals surface area contributed by atoms with Gasteiger partial charge in [-0.25, -0.2) is 8.42 Å². The molecule has 0 aliphatic heterocycles. The summed E-state index contributed by atoms with van der Waals surface area (Å²) in [7, 11) is -3.66. The Morgan fingerprint density at radius 1 is 1.15 bits per heavy atom. The highest BCUT2D eigenvalue weighted by Crippen LogP contribution is 2.26. The number of aryl methyl sites for hydroxylation is 1. The van der Waals surface area contributed by atoms with Gasteiger partial charge in [0.25, 0.3) is 10.0 Å². The van der Waals surface area contributed by atoms with Crippen LogP contribution in [0.4, 0.5) is 11.4 Å². The van der Waals surface area contributed by atoms with Gasteiger partial charge in [0.1, 0.15) is 0 Å². The lowest BCUT2D eigenvalue weighted by Gasteiger charge is -2.13. The van der Waals surface area contributed by atoms with Gasteiger partial charge in [0, 0.05) is 10.7 Å². The molecule has 0 amide bonds. The van der Waals surface area contributed by atoms with Crippen LogP contribution in [0, 0.1) is 13.8 Å². The lowest BCUT2D eigenvalue weighted by Crippen LogP contribution is -2.15. The second-order valence-electron chi connectivity index (χ2n) is 4.54. The molecule has 4 nitrogen and oxygen atoms in total. The zero-order valence-electron chi connectivity index (χ0n) is 11.1. The molecule has 3 N–H and O–H groups in total. The van der Waals surface area contributed by atoms with E-state index in [9.17, 15) is 8.42 Å². The van der Waals surface area contributed by atoms with E-state index in [1.165, 1.54) is 6.07 Å². The molecule has 2 rings (SSSR count). The van der Waals surface area contributed by atoms with Gasteiger partial charge in [0.15, 0.2) is 0 Å². The van der Waals surface area contributed by atoms with E-state index in [4.69, 9.17) is 17.3 Å². The summed E-state index contributed by atoms with van der Waals surface area (Å²) in [5.41, 5.74) is 7.91. The second kappa shape index (κ2) is 5.34. The van der Waals surface area contributed by atoms with Gasteiger partial charge in [-0.15, -0.1) is 0 Å². The number of nitrogens with one attached hydrogen (secondary N) is 1. The lowest BCUT2D eigenvalue weighted by molar-refractivity contribution is 0.600. The van der Waals surface area contributed by atoms with Gasteiger partial charge in [-0.05, 0) is 55.3 Å². The van der Waals surface area contributed by atoms with Gasteiger partial charge in [-0.3, -0.25) is 4.72 Å². The fraction of sp³-hybridized carbons (Fsp3) is 0.143. The Labute approximate surface area is 123 Å². The summed E-state index contributed by atoms with van der Waals surface area (Å²) in [4.78, 5) is 0.200. The zero-order valence-corrected chi connectivity index (χ0v) is 12.7. The number of hydrogen-bond donors (Lipinski definition) is 2. The molecule has 0 bridgehead atoms. The topological polar surface area (TPSA) is 72.2 Å². The van der Waals surface area contributed by atoms with E-state index in [0.29, 0.717) is 27.5 Å². The molecule has 0 saturated carbocycles. The normalized spacial score (nSPS) is 11.3. The second-order valence-corrected chi connectivity index (χ2v) is 6.60. The maximum Gasteiger partial charge on any atom is 0.262 e. The Bertz CT molecular complexity index is 758. The number of halogens is 1. The first-order valence-corrected chi connectivity index (χ1v) is 7.81. The molecule has 0 saturated heterocycles.